The molecule has 1 fully saturated rings. The van der Waals surface area contributed by atoms with Crippen LogP contribution in [0.15, 0.2) is 36.5 Å². The van der Waals surface area contributed by atoms with Crippen molar-refractivity contribution in [2.45, 2.75) is 44.4 Å². The van der Waals surface area contributed by atoms with Crippen molar-refractivity contribution in [2.24, 2.45) is 5.92 Å². The van der Waals surface area contributed by atoms with E-state index >= 15 is 0 Å². The number of aromatic amines is 1. The fraction of sp³-hybridized carbons (Fsp3) is 0.333. The number of benzene rings is 2. The predicted molar refractivity (Wildman–Crippen MR) is 116 cm³/mol. The van der Waals surface area contributed by atoms with Crippen molar-refractivity contribution in [3.63, 3.8) is 0 Å². The van der Waals surface area contributed by atoms with Crippen LogP contribution in [0.3, 0.4) is 0 Å². The van der Waals surface area contributed by atoms with Gasteiger partial charge in [-0.3, -0.25) is 4.98 Å². The Kier molecular flexibility index (Phi) is 5.13. The van der Waals surface area contributed by atoms with Gasteiger partial charge in [0, 0.05) is 23.6 Å². The fourth-order valence-electron chi connectivity index (χ4n) is 4.94. The molecule has 1 saturated carbocycles. The summed E-state index contributed by atoms with van der Waals surface area (Å²) in [6, 6.07) is 7.84. The van der Waals surface area contributed by atoms with Crippen LogP contribution in [-0.4, -0.2) is 15.0 Å². The van der Waals surface area contributed by atoms with Gasteiger partial charge in [0.1, 0.15) is 22.2 Å². The van der Waals surface area contributed by atoms with E-state index in [1.807, 2.05) is 6.07 Å². The van der Waals surface area contributed by atoms with Gasteiger partial charge in [-0.05, 0) is 67.3 Å². The molecule has 0 saturated heterocycles. The van der Waals surface area contributed by atoms with Gasteiger partial charge in [-0.2, -0.15) is 0 Å². The van der Waals surface area contributed by atoms with Crippen molar-refractivity contribution in [1.82, 2.24) is 15.0 Å². The van der Waals surface area contributed by atoms with E-state index in [0.717, 1.165) is 48.2 Å². The number of rotatable bonds is 3. The van der Waals surface area contributed by atoms with Crippen molar-refractivity contribution >= 4 is 33.5 Å². The summed E-state index contributed by atoms with van der Waals surface area (Å²) in [5, 5.41) is 0.597. The molecule has 1 aliphatic carbocycles. The van der Waals surface area contributed by atoms with Crippen molar-refractivity contribution in [1.29, 1.82) is 0 Å². The van der Waals surface area contributed by atoms with Crippen LogP contribution in [0.2, 0.25) is 5.02 Å². The molecule has 0 aliphatic heterocycles. The number of nitrogens with one attached hydrogen (secondary N) is 1. The van der Waals surface area contributed by atoms with Crippen molar-refractivity contribution in [3.05, 3.63) is 70.4 Å². The molecule has 1 atom stereocenters. The molecule has 7 heteroatoms. The molecule has 5 rings (SSSR count). The standard InChI is InChI=1S/C24H21ClF3N3/c1-12(24-30-20-11-18(27)22(28)21(25)23(20)31-24)13-2-4-14(5-3-13)16-8-9-29-19-7-6-15(26)10-17(16)19/h6-14H,2-5H2,1H3,(H,30,31)/t12-,13?,14?/m1/s1. The highest BCUT2D eigenvalue weighted by molar-refractivity contribution is 6.35. The third-order valence-corrected chi connectivity index (χ3v) is 7.06. The summed E-state index contributed by atoms with van der Waals surface area (Å²) in [5.74, 6) is -0.771. The number of hydrogen-bond donors (Lipinski definition) is 1. The van der Waals surface area contributed by atoms with E-state index in [9.17, 15) is 13.2 Å². The molecule has 0 unspecified atom stereocenters. The molecule has 2 heterocycles. The number of pyridine rings is 1. The first-order valence-electron chi connectivity index (χ1n) is 10.5. The molecule has 2 aromatic carbocycles. The Morgan fingerprint density at radius 1 is 1.06 bits per heavy atom. The molecular formula is C24H21ClF3N3. The van der Waals surface area contributed by atoms with Crippen molar-refractivity contribution in [2.75, 3.05) is 0 Å². The lowest BCUT2D eigenvalue weighted by atomic mass is 9.73. The lowest BCUT2D eigenvalue weighted by molar-refractivity contribution is 0.286. The third kappa shape index (κ3) is 3.57. The Bertz CT molecular complexity index is 1280. The van der Waals surface area contributed by atoms with Gasteiger partial charge < -0.3 is 4.98 Å². The number of aromatic nitrogens is 3. The predicted octanol–water partition coefficient (Wildman–Crippen LogP) is 7.26. The van der Waals surface area contributed by atoms with Gasteiger partial charge in [-0.1, -0.05) is 18.5 Å². The van der Waals surface area contributed by atoms with Crippen LogP contribution < -0.4 is 0 Å². The second-order valence-electron chi connectivity index (χ2n) is 8.47. The van der Waals surface area contributed by atoms with Gasteiger partial charge in [0.15, 0.2) is 11.6 Å². The number of hydrogen-bond acceptors (Lipinski definition) is 2. The zero-order chi connectivity index (χ0) is 21.7. The Morgan fingerprint density at radius 3 is 2.61 bits per heavy atom. The molecule has 0 radical (unpaired) electrons. The number of fused-ring (bicyclic) bond motifs is 2. The zero-order valence-corrected chi connectivity index (χ0v) is 17.7. The fourth-order valence-corrected chi connectivity index (χ4v) is 5.18. The largest absolute Gasteiger partial charge is 0.342 e. The Balaban J connectivity index is 1.36. The lowest BCUT2D eigenvalue weighted by Crippen LogP contribution is -2.19. The molecule has 4 aromatic rings. The summed E-state index contributed by atoms with van der Waals surface area (Å²) >= 11 is 5.95. The molecule has 160 valence electrons. The van der Waals surface area contributed by atoms with Gasteiger partial charge >= 0.3 is 0 Å². The van der Waals surface area contributed by atoms with E-state index in [1.165, 1.54) is 6.07 Å². The SMILES string of the molecule is C[C@@H](c1nc2c(Cl)c(F)c(F)cc2[nH]1)C1CCC(c2ccnc3ccc(F)cc23)CC1. The first kappa shape index (κ1) is 20.3. The van der Waals surface area contributed by atoms with Gasteiger partial charge in [-0.15, -0.1) is 0 Å². The smallest absolute Gasteiger partial charge is 0.179 e. The second kappa shape index (κ2) is 7.83. The van der Waals surface area contributed by atoms with Gasteiger partial charge in [0.25, 0.3) is 0 Å². The van der Waals surface area contributed by atoms with Crippen LogP contribution >= 0.6 is 11.6 Å². The molecule has 0 bridgehead atoms. The first-order chi connectivity index (χ1) is 14.9. The summed E-state index contributed by atoms with van der Waals surface area (Å²) in [7, 11) is 0. The van der Waals surface area contributed by atoms with E-state index in [4.69, 9.17) is 11.6 Å². The maximum Gasteiger partial charge on any atom is 0.179 e. The third-order valence-electron chi connectivity index (χ3n) is 6.72. The first-order valence-corrected chi connectivity index (χ1v) is 10.9. The van der Waals surface area contributed by atoms with Crippen LogP contribution in [0.4, 0.5) is 13.2 Å². The van der Waals surface area contributed by atoms with E-state index in [2.05, 4.69) is 21.9 Å². The average molecular weight is 444 g/mol. The minimum absolute atomic E-state index is 0.0992. The van der Waals surface area contributed by atoms with Gasteiger partial charge in [-0.25, -0.2) is 18.2 Å². The minimum atomic E-state index is -1.07. The molecule has 0 spiro atoms. The normalized spacial score (nSPS) is 20.4. The maximum absolute atomic E-state index is 13.8. The topological polar surface area (TPSA) is 41.6 Å². The van der Waals surface area contributed by atoms with E-state index in [0.29, 0.717) is 23.2 Å². The highest BCUT2D eigenvalue weighted by Crippen LogP contribution is 2.43. The highest BCUT2D eigenvalue weighted by atomic mass is 35.5. The lowest BCUT2D eigenvalue weighted by Gasteiger charge is -2.32. The molecule has 31 heavy (non-hydrogen) atoms. The van der Waals surface area contributed by atoms with E-state index in [-0.39, 0.29) is 22.3 Å². The highest BCUT2D eigenvalue weighted by Gasteiger charge is 2.29. The summed E-state index contributed by atoms with van der Waals surface area (Å²) in [6.07, 6.45) is 5.72. The average Bonchev–Trinajstić information content (AvgIpc) is 3.21. The van der Waals surface area contributed by atoms with Crippen molar-refractivity contribution < 1.29 is 13.2 Å². The second-order valence-corrected chi connectivity index (χ2v) is 8.84. The van der Waals surface area contributed by atoms with Crippen molar-refractivity contribution in [3.8, 4) is 0 Å². The summed E-state index contributed by atoms with van der Waals surface area (Å²) < 4.78 is 41.3. The monoisotopic (exact) mass is 443 g/mol. The molecule has 1 N–H and O–H groups in total. The van der Waals surface area contributed by atoms with Gasteiger partial charge in [0.05, 0.1) is 11.0 Å². The zero-order valence-electron chi connectivity index (χ0n) is 16.9. The van der Waals surface area contributed by atoms with E-state index < -0.39 is 11.6 Å². The molecule has 3 nitrogen and oxygen atoms in total. The Hall–Kier alpha value is -2.60. The Morgan fingerprint density at radius 2 is 1.84 bits per heavy atom. The maximum atomic E-state index is 13.8. The molecule has 2 aromatic heterocycles. The van der Waals surface area contributed by atoms with Crippen LogP contribution in [0, 0.1) is 23.4 Å². The summed E-state index contributed by atoms with van der Waals surface area (Å²) in [5.41, 5.74) is 2.64. The summed E-state index contributed by atoms with van der Waals surface area (Å²) in [4.78, 5) is 12.0. The molecule has 0 amide bonds. The summed E-state index contributed by atoms with van der Waals surface area (Å²) in [6.45, 7) is 2.08. The molecular weight excluding hydrogens is 423 g/mol. The van der Waals surface area contributed by atoms with Crippen LogP contribution in [0.5, 0.6) is 0 Å². The number of H-pyrrole nitrogens is 1. The van der Waals surface area contributed by atoms with Crippen LogP contribution in [0.1, 0.15) is 55.8 Å². The quantitative estimate of drug-likeness (QED) is 0.338. The van der Waals surface area contributed by atoms with Crippen LogP contribution in [-0.2, 0) is 0 Å². The van der Waals surface area contributed by atoms with Crippen LogP contribution in [0.25, 0.3) is 21.9 Å². The number of imidazole rings is 1. The molecule has 1 aliphatic rings. The number of halogens is 4. The Labute approximate surface area is 182 Å². The number of nitrogens with zero attached hydrogens (tertiary/aromatic N) is 2. The van der Waals surface area contributed by atoms with E-state index in [1.54, 1.807) is 18.3 Å². The minimum Gasteiger partial charge on any atom is -0.342 e. The van der Waals surface area contributed by atoms with Gasteiger partial charge in [0.2, 0.25) is 0 Å².